The van der Waals surface area contributed by atoms with Gasteiger partial charge in [-0.1, -0.05) is 18.2 Å². The van der Waals surface area contributed by atoms with Crippen molar-refractivity contribution in [3.63, 3.8) is 0 Å². The molecule has 2 heterocycles. The lowest BCUT2D eigenvalue weighted by Gasteiger charge is -2.30. The zero-order valence-electron chi connectivity index (χ0n) is 13.8. The summed E-state index contributed by atoms with van der Waals surface area (Å²) in [6, 6.07) is 8.84. The molecule has 6 heteroatoms. The van der Waals surface area contributed by atoms with E-state index in [9.17, 15) is 4.79 Å². The standard InChI is InChI=1S/C17H22O6/c1-16(2)21-12-13(22-16)17(3,23-15(12)19-4)10-20-14(18)11-8-6-5-7-9-11/h5-9,12-13,15H,10H2,1-4H3/t12?,13?,15-,17?/m1/s1. The third-order valence-corrected chi connectivity index (χ3v) is 4.12. The van der Waals surface area contributed by atoms with Crippen molar-refractivity contribution in [2.24, 2.45) is 0 Å². The monoisotopic (exact) mass is 322 g/mol. The summed E-state index contributed by atoms with van der Waals surface area (Å²) in [5, 5.41) is 0. The molecule has 0 saturated carbocycles. The molecular formula is C17H22O6. The highest BCUT2D eigenvalue weighted by Crippen LogP contribution is 2.44. The van der Waals surface area contributed by atoms with E-state index in [-0.39, 0.29) is 18.8 Å². The minimum absolute atomic E-state index is 0.0567. The van der Waals surface area contributed by atoms with Crippen LogP contribution in [0.15, 0.2) is 30.3 Å². The summed E-state index contributed by atoms with van der Waals surface area (Å²) in [5.41, 5.74) is -0.332. The molecule has 3 unspecified atom stereocenters. The Kier molecular flexibility index (Phi) is 4.18. The molecule has 23 heavy (non-hydrogen) atoms. The second kappa shape index (κ2) is 5.87. The van der Waals surface area contributed by atoms with E-state index in [1.54, 1.807) is 31.4 Å². The van der Waals surface area contributed by atoms with Gasteiger partial charge in [-0.25, -0.2) is 4.79 Å². The first kappa shape index (κ1) is 16.4. The van der Waals surface area contributed by atoms with E-state index < -0.39 is 23.6 Å². The van der Waals surface area contributed by atoms with E-state index in [1.165, 1.54) is 0 Å². The lowest BCUT2D eigenvalue weighted by atomic mass is 9.99. The maximum atomic E-state index is 12.1. The topological polar surface area (TPSA) is 63.2 Å². The molecule has 0 spiro atoms. The van der Waals surface area contributed by atoms with Crippen LogP contribution in [0.25, 0.3) is 0 Å². The van der Waals surface area contributed by atoms with Crippen LogP contribution < -0.4 is 0 Å². The van der Waals surface area contributed by atoms with Gasteiger partial charge in [0.25, 0.3) is 0 Å². The van der Waals surface area contributed by atoms with Gasteiger partial charge in [0.2, 0.25) is 0 Å². The van der Waals surface area contributed by atoms with Crippen LogP contribution in [0.2, 0.25) is 0 Å². The molecule has 4 atom stereocenters. The third-order valence-electron chi connectivity index (χ3n) is 4.12. The maximum absolute atomic E-state index is 12.1. The second-order valence-corrected chi connectivity index (χ2v) is 6.50. The Hall–Kier alpha value is -1.47. The van der Waals surface area contributed by atoms with Crippen LogP contribution in [-0.2, 0) is 23.7 Å². The van der Waals surface area contributed by atoms with Crippen molar-refractivity contribution in [2.75, 3.05) is 13.7 Å². The predicted molar refractivity (Wildman–Crippen MR) is 80.8 cm³/mol. The summed E-state index contributed by atoms with van der Waals surface area (Å²) in [7, 11) is 1.55. The van der Waals surface area contributed by atoms with Crippen molar-refractivity contribution >= 4 is 5.97 Å². The summed E-state index contributed by atoms with van der Waals surface area (Å²) in [6.07, 6.45) is -1.27. The van der Waals surface area contributed by atoms with Gasteiger partial charge in [-0.15, -0.1) is 0 Å². The van der Waals surface area contributed by atoms with E-state index in [1.807, 2.05) is 26.8 Å². The van der Waals surface area contributed by atoms with Crippen LogP contribution in [-0.4, -0.2) is 49.6 Å². The molecule has 1 aromatic carbocycles. The number of methoxy groups -OCH3 is 1. The zero-order chi connectivity index (χ0) is 16.7. The number of fused-ring (bicyclic) bond motifs is 1. The molecule has 0 aliphatic carbocycles. The molecule has 2 aliphatic heterocycles. The number of hydrogen-bond donors (Lipinski definition) is 0. The minimum atomic E-state index is -0.830. The van der Waals surface area contributed by atoms with E-state index in [4.69, 9.17) is 23.7 Å². The quantitative estimate of drug-likeness (QED) is 0.791. The van der Waals surface area contributed by atoms with Gasteiger partial charge in [-0.2, -0.15) is 0 Å². The summed E-state index contributed by atoms with van der Waals surface area (Å²) < 4.78 is 28.5. The van der Waals surface area contributed by atoms with Gasteiger partial charge in [0.05, 0.1) is 5.56 Å². The van der Waals surface area contributed by atoms with Crippen LogP contribution in [0.3, 0.4) is 0 Å². The molecule has 3 rings (SSSR count). The normalized spacial score (nSPS) is 35.0. The van der Waals surface area contributed by atoms with Gasteiger partial charge >= 0.3 is 5.97 Å². The number of rotatable bonds is 4. The van der Waals surface area contributed by atoms with Crippen molar-refractivity contribution in [1.29, 1.82) is 0 Å². The minimum Gasteiger partial charge on any atom is -0.459 e. The van der Waals surface area contributed by atoms with Crippen molar-refractivity contribution in [1.82, 2.24) is 0 Å². The average molecular weight is 322 g/mol. The van der Waals surface area contributed by atoms with Gasteiger partial charge in [0.15, 0.2) is 12.1 Å². The van der Waals surface area contributed by atoms with Crippen molar-refractivity contribution in [3.05, 3.63) is 35.9 Å². The molecule has 0 radical (unpaired) electrons. The third kappa shape index (κ3) is 3.12. The van der Waals surface area contributed by atoms with Gasteiger partial charge in [0, 0.05) is 7.11 Å². The Balaban J connectivity index is 1.70. The molecular weight excluding hydrogens is 300 g/mol. The van der Waals surface area contributed by atoms with E-state index >= 15 is 0 Å². The highest BCUT2D eigenvalue weighted by atomic mass is 16.8. The lowest BCUT2D eigenvalue weighted by Crippen LogP contribution is -2.45. The Morgan fingerprint density at radius 3 is 2.48 bits per heavy atom. The SMILES string of the molecule is CO[C@@H]1OC(C)(COC(=O)c2ccccc2)C2OC(C)(C)OC21. The largest absolute Gasteiger partial charge is 0.459 e. The number of benzene rings is 1. The van der Waals surface area contributed by atoms with Gasteiger partial charge in [-0.3, -0.25) is 0 Å². The first-order chi connectivity index (χ1) is 10.8. The summed E-state index contributed by atoms with van der Waals surface area (Å²) in [4.78, 5) is 12.1. The second-order valence-electron chi connectivity index (χ2n) is 6.50. The molecule has 0 amide bonds. The Morgan fingerprint density at radius 2 is 1.83 bits per heavy atom. The fourth-order valence-corrected chi connectivity index (χ4v) is 3.02. The average Bonchev–Trinajstić information content (AvgIpc) is 2.99. The van der Waals surface area contributed by atoms with Gasteiger partial charge < -0.3 is 23.7 Å². The number of esters is 1. The van der Waals surface area contributed by atoms with Crippen LogP contribution in [0.5, 0.6) is 0 Å². The summed E-state index contributed by atoms with van der Waals surface area (Å²) >= 11 is 0. The van der Waals surface area contributed by atoms with Gasteiger partial charge in [-0.05, 0) is 32.9 Å². The molecule has 2 aliphatic rings. The van der Waals surface area contributed by atoms with Crippen molar-refractivity contribution in [3.8, 4) is 0 Å². The van der Waals surface area contributed by atoms with Crippen molar-refractivity contribution in [2.45, 2.75) is 50.7 Å². The van der Waals surface area contributed by atoms with Crippen LogP contribution >= 0.6 is 0 Å². The molecule has 126 valence electrons. The van der Waals surface area contributed by atoms with E-state index in [0.717, 1.165) is 0 Å². The molecule has 0 bridgehead atoms. The molecule has 2 fully saturated rings. The molecule has 0 aromatic heterocycles. The number of hydrogen-bond acceptors (Lipinski definition) is 6. The number of carbonyl (C=O) groups is 1. The number of carbonyl (C=O) groups excluding carboxylic acids is 1. The van der Waals surface area contributed by atoms with Crippen LogP contribution in [0, 0.1) is 0 Å². The molecule has 1 aromatic rings. The van der Waals surface area contributed by atoms with Crippen molar-refractivity contribution < 1.29 is 28.5 Å². The Morgan fingerprint density at radius 1 is 1.13 bits per heavy atom. The highest BCUT2D eigenvalue weighted by molar-refractivity contribution is 5.89. The summed E-state index contributed by atoms with van der Waals surface area (Å²) in [6.45, 7) is 5.58. The number of ether oxygens (including phenoxy) is 5. The zero-order valence-corrected chi connectivity index (χ0v) is 13.8. The Bertz CT molecular complexity index is 572. The highest BCUT2D eigenvalue weighted by Gasteiger charge is 2.61. The van der Waals surface area contributed by atoms with E-state index in [2.05, 4.69) is 0 Å². The maximum Gasteiger partial charge on any atom is 0.338 e. The molecule has 2 saturated heterocycles. The fraction of sp³-hybridized carbons (Fsp3) is 0.588. The molecule has 6 nitrogen and oxygen atoms in total. The fourth-order valence-electron chi connectivity index (χ4n) is 3.02. The first-order valence-electron chi connectivity index (χ1n) is 7.63. The predicted octanol–water partition coefficient (Wildman–Crippen LogP) is 2.12. The van der Waals surface area contributed by atoms with Gasteiger partial charge in [0.1, 0.15) is 24.4 Å². The van der Waals surface area contributed by atoms with E-state index in [0.29, 0.717) is 5.56 Å². The lowest BCUT2D eigenvalue weighted by molar-refractivity contribution is -0.252. The van der Waals surface area contributed by atoms with Crippen LogP contribution in [0.4, 0.5) is 0 Å². The Labute approximate surface area is 135 Å². The smallest absolute Gasteiger partial charge is 0.338 e. The first-order valence-corrected chi connectivity index (χ1v) is 7.63. The molecule has 0 N–H and O–H groups in total. The summed E-state index contributed by atoms with van der Waals surface area (Å²) in [5.74, 6) is -1.12. The van der Waals surface area contributed by atoms with Crippen LogP contribution in [0.1, 0.15) is 31.1 Å².